The Kier molecular flexibility index (Phi) is 3.40. The molecule has 100 valence electrons. The van der Waals surface area contributed by atoms with E-state index in [1.54, 1.807) is 6.20 Å². The number of ether oxygens (including phenoxy) is 1. The van der Waals surface area contributed by atoms with E-state index in [0.717, 1.165) is 32.3 Å². The van der Waals surface area contributed by atoms with Crippen LogP contribution >= 0.6 is 15.9 Å². The summed E-state index contributed by atoms with van der Waals surface area (Å²) in [5.74, 6) is 0.749. The van der Waals surface area contributed by atoms with Gasteiger partial charge < -0.3 is 4.74 Å². The van der Waals surface area contributed by atoms with Gasteiger partial charge in [0, 0.05) is 16.1 Å². The van der Waals surface area contributed by atoms with Crippen molar-refractivity contribution in [1.29, 1.82) is 0 Å². The first kappa shape index (κ1) is 13.1. The first-order valence-electron chi connectivity index (χ1n) is 6.30. The molecule has 4 heteroatoms. The fourth-order valence-electron chi connectivity index (χ4n) is 2.07. The number of halogens is 1. The Hall–Kier alpha value is -1.94. The number of rotatable bonds is 2. The van der Waals surface area contributed by atoms with Gasteiger partial charge in [0.05, 0.1) is 5.52 Å². The SMILES string of the molecule is Cc1cc(Oc2ncc3ccccc3n2)cc(C)c1Br. The maximum absolute atomic E-state index is 5.76. The normalized spacial score (nSPS) is 10.8. The van der Waals surface area contributed by atoms with Gasteiger partial charge in [-0.1, -0.05) is 34.1 Å². The van der Waals surface area contributed by atoms with E-state index in [1.807, 2.05) is 50.2 Å². The van der Waals surface area contributed by atoms with E-state index in [4.69, 9.17) is 4.74 Å². The molecule has 0 radical (unpaired) electrons. The maximum Gasteiger partial charge on any atom is 0.322 e. The van der Waals surface area contributed by atoms with Crippen molar-refractivity contribution in [3.63, 3.8) is 0 Å². The smallest absolute Gasteiger partial charge is 0.322 e. The zero-order valence-corrected chi connectivity index (χ0v) is 12.8. The Morgan fingerprint density at radius 2 is 1.75 bits per heavy atom. The highest BCUT2D eigenvalue weighted by Crippen LogP contribution is 2.28. The van der Waals surface area contributed by atoms with Gasteiger partial charge in [-0.25, -0.2) is 4.98 Å². The standard InChI is InChI=1S/C16H13BrN2O/c1-10-7-13(8-11(2)15(10)17)20-16-18-9-12-5-3-4-6-14(12)19-16/h3-9H,1-2H3. The van der Waals surface area contributed by atoms with Gasteiger partial charge in [-0.15, -0.1) is 0 Å². The second-order valence-corrected chi connectivity index (χ2v) is 5.48. The van der Waals surface area contributed by atoms with E-state index >= 15 is 0 Å². The van der Waals surface area contributed by atoms with Crippen molar-refractivity contribution in [2.75, 3.05) is 0 Å². The number of hydrogen-bond acceptors (Lipinski definition) is 3. The average Bonchev–Trinajstić information content (AvgIpc) is 2.44. The van der Waals surface area contributed by atoms with Crippen LogP contribution in [-0.2, 0) is 0 Å². The van der Waals surface area contributed by atoms with Crippen molar-refractivity contribution in [1.82, 2.24) is 9.97 Å². The van der Waals surface area contributed by atoms with Crippen LogP contribution in [0.25, 0.3) is 10.9 Å². The van der Waals surface area contributed by atoms with E-state index < -0.39 is 0 Å². The number of aromatic nitrogens is 2. The van der Waals surface area contributed by atoms with Crippen molar-refractivity contribution in [3.05, 3.63) is 58.2 Å². The predicted octanol–water partition coefficient (Wildman–Crippen LogP) is 4.80. The molecule has 0 fully saturated rings. The molecule has 0 spiro atoms. The van der Waals surface area contributed by atoms with Crippen molar-refractivity contribution >= 4 is 26.8 Å². The maximum atomic E-state index is 5.76. The molecule has 3 nitrogen and oxygen atoms in total. The second kappa shape index (κ2) is 5.21. The summed E-state index contributed by atoms with van der Waals surface area (Å²) in [7, 11) is 0. The third kappa shape index (κ3) is 2.51. The molecule has 3 rings (SSSR count). The molecule has 0 bridgehead atoms. The Morgan fingerprint density at radius 1 is 1.05 bits per heavy atom. The lowest BCUT2D eigenvalue weighted by Gasteiger charge is -2.08. The zero-order valence-electron chi connectivity index (χ0n) is 11.2. The minimum atomic E-state index is 0.366. The summed E-state index contributed by atoms with van der Waals surface area (Å²) in [6.07, 6.45) is 1.77. The molecule has 20 heavy (non-hydrogen) atoms. The van der Waals surface area contributed by atoms with Gasteiger partial charge in [0.15, 0.2) is 0 Å². The topological polar surface area (TPSA) is 35.0 Å². The number of aryl methyl sites for hydroxylation is 2. The number of fused-ring (bicyclic) bond motifs is 1. The van der Waals surface area contributed by atoms with Crippen molar-refractivity contribution in [2.24, 2.45) is 0 Å². The number of benzene rings is 2. The van der Waals surface area contributed by atoms with E-state index in [-0.39, 0.29) is 0 Å². The van der Waals surface area contributed by atoms with Gasteiger partial charge in [-0.05, 0) is 43.2 Å². The Balaban J connectivity index is 1.96. The van der Waals surface area contributed by atoms with Gasteiger partial charge >= 0.3 is 6.01 Å². The van der Waals surface area contributed by atoms with Crippen LogP contribution in [0.1, 0.15) is 11.1 Å². The Labute approximate surface area is 125 Å². The van der Waals surface area contributed by atoms with Crippen molar-refractivity contribution in [3.8, 4) is 11.8 Å². The molecule has 0 saturated heterocycles. The van der Waals surface area contributed by atoms with Crippen molar-refractivity contribution in [2.45, 2.75) is 13.8 Å². The van der Waals surface area contributed by atoms with E-state index in [0.29, 0.717) is 6.01 Å². The molecule has 0 aliphatic carbocycles. The summed E-state index contributed by atoms with van der Waals surface area (Å²) in [5, 5.41) is 1.00. The number of hydrogen-bond donors (Lipinski definition) is 0. The van der Waals surface area contributed by atoms with Gasteiger partial charge in [0.25, 0.3) is 0 Å². The lowest BCUT2D eigenvalue weighted by atomic mass is 10.1. The van der Waals surface area contributed by atoms with E-state index in [1.165, 1.54) is 0 Å². The first-order chi connectivity index (χ1) is 9.63. The summed E-state index contributed by atoms with van der Waals surface area (Å²) >= 11 is 3.54. The molecule has 0 N–H and O–H groups in total. The molecule has 3 aromatic rings. The highest BCUT2D eigenvalue weighted by atomic mass is 79.9. The van der Waals surface area contributed by atoms with E-state index in [2.05, 4.69) is 25.9 Å². The summed E-state index contributed by atoms with van der Waals surface area (Å²) in [6.45, 7) is 4.07. The monoisotopic (exact) mass is 328 g/mol. The summed E-state index contributed by atoms with van der Waals surface area (Å²) in [4.78, 5) is 8.65. The zero-order chi connectivity index (χ0) is 14.1. The largest absolute Gasteiger partial charge is 0.424 e. The first-order valence-corrected chi connectivity index (χ1v) is 7.09. The highest BCUT2D eigenvalue weighted by Gasteiger charge is 2.06. The molecular formula is C16H13BrN2O. The third-order valence-corrected chi connectivity index (χ3v) is 4.34. The number of nitrogens with zero attached hydrogens (tertiary/aromatic N) is 2. The fraction of sp³-hybridized carbons (Fsp3) is 0.125. The molecule has 0 aliphatic heterocycles. The average molecular weight is 329 g/mol. The molecule has 0 amide bonds. The molecular weight excluding hydrogens is 316 g/mol. The molecule has 1 heterocycles. The lowest BCUT2D eigenvalue weighted by Crippen LogP contribution is -1.93. The quantitative estimate of drug-likeness (QED) is 0.677. The molecule has 0 saturated carbocycles. The van der Waals surface area contributed by atoms with Crippen molar-refractivity contribution < 1.29 is 4.74 Å². The van der Waals surface area contributed by atoms with Crippen LogP contribution in [0.4, 0.5) is 0 Å². The Bertz CT molecular complexity index is 763. The second-order valence-electron chi connectivity index (χ2n) is 4.68. The predicted molar refractivity (Wildman–Crippen MR) is 83.2 cm³/mol. The van der Waals surface area contributed by atoms with Crippen LogP contribution in [-0.4, -0.2) is 9.97 Å². The molecule has 0 unspecified atom stereocenters. The summed E-state index contributed by atoms with van der Waals surface area (Å²) in [5.41, 5.74) is 3.13. The molecule has 0 aliphatic rings. The summed E-state index contributed by atoms with van der Waals surface area (Å²) < 4.78 is 6.86. The third-order valence-electron chi connectivity index (χ3n) is 3.09. The number of para-hydroxylation sites is 1. The fourth-order valence-corrected chi connectivity index (χ4v) is 2.30. The van der Waals surface area contributed by atoms with Gasteiger partial charge in [0.2, 0.25) is 0 Å². The van der Waals surface area contributed by atoms with Gasteiger partial charge in [-0.2, -0.15) is 4.98 Å². The van der Waals surface area contributed by atoms with Crippen LogP contribution in [0.3, 0.4) is 0 Å². The van der Waals surface area contributed by atoms with E-state index in [9.17, 15) is 0 Å². The van der Waals surface area contributed by atoms with Crippen LogP contribution in [0.5, 0.6) is 11.8 Å². The highest BCUT2D eigenvalue weighted by molar-refractivity contribution is 9.10. The Morgan fingerprint density at radius 3 is 2.50 bits per heavy atom. The minimum Gasteiger partial charge on any atom is -0.424 e. The van der Waals surface area contributed by atoms with Gasteiger partial charge in [-0.3, -0.25) is 0 Å². The molecule has 2 aromatic carbocycles. The molecule has 1 aromatic heterocycles. The van der Waals surface area contributed by atoms with Crippen LogP contribution in [0, 0.1) is 13.8 Å². The lowest BCUT2D eigenvalue weighted by molar-refractivity contribution is 0.443. The molecule has 0 atom stereocenters. The van der Waals surface area contributed by atoms with Gasteiger partial charge in [0.1, 0.15) is 5.75 Å². The summed E-state index contributed by atoms with van der Waals surface area (Å²) in [6, 6.07) is 12.1. The minimum absolute atomic E-state index is 0.366. The van der Waals surface area contributed by atoms with Crippen LogP contribution in [0.15, 0.2) is 47.1 Å². The van der Waals surface area contributed by atoms with Crippen LogP contribution in [0.2, 0.25) is 0 Å². The van der Waals surface area contributed by atoms with Crippen LogP contribution < -0.4 is 4.74 Å².